The molecule has 3 heterocycles. The van der Waals surface area contributed by atoms with Gasteiger partial charge in [-0.15, -0.1) is 0 Å². The number of carbonyl (C=O) groups is 1. The van der Waals surface area contributed by atoms with Gasteiger partial charge in [0.25, 0.3) is 11.5 Å². The van der Waals surface area contributed by atoms with E-state index < -0.39 is 23.3 Å². The molecule has 0 fully saturated rings. The maximum absolute atomic E-state index is 13.9. The molecule has 0 atom stereocenters. The van der Waals surface area contributed by atoms with Gasteiger partial charge < -0.3 is 19.9 Å². The molecule has 0 radical (unpaired) electrons. The first-order valence-electron chi connectivity index (χ1n) is 10.2. The predicted molar refractivity (Wildman–Crippen MR) is 119 cm³/mol. The van der Waals surface area contributed by atoms with Crippen LogP contribution in [0.4, 0.5) is 13.2 Å². The Morgan fingerprint density at radius 3 is 2.49 bits per heavy atom. The molecule has 0 bridgehead atoms. The van der Waals surface area contributed by atoms with Gasteiger partial charge in [0, 0.05) is 5.69 Å². The number of aromatic amines is 1. The third-order valence-corrected chi connectivity index (χ3v) is 5.51. The van der Waals surface area contributed by atoms with E-state index in [0.29, 0.717) is 4.52 Å². The van der Waals surface area contributed by atoms with Crippen molar-refractivity contribution in [2.45, 2.75) is 13.1 Å². The lowest BCUT2D eigenvalue weighted by molar-refractivity contribution is -0.140. The van der Waals surface area contributed by atoms with E-state index >= 15 is 0 Å². The molecule has 0 unspecified atom stereocenters. The number of nitrogens with two attached hydrogens (primary N) is 1. The molecule has 0 spiro atoms. The minimum Gasteiger partial charge on any atom is -0.494 e. The Balaban J connectivity index is 1.83. The van der Waals surface area contributed by atoms with Crippen LogP contribution in [-0.4, -0.2) is 32.6 Å². The first-order chi connectivity index (χ1) is 16.6. The van der Waals surface area contributed by atoms with Crippen LogP contribution < -0.4 is 16.0 Å². The summed E-state index contributed by atoms with van der Waals surface area (Å²) in [6.45, 7) is 1.49. The van der Waals surface area contributed by atoms with E-state index in [1.165, 1.54) is 38.3 Å². The van der Waals surface area contributed by atoms with Gasteiger partial charge in [-0.25, -0.2) is 4.98 Å². The van der Waals surface area contributed by atoms with Crippen LogP contribution in [0, 0.1) is 6.92 Å². The molecular formula is C23H16F3N5O4. The van der Waals surface area contributed by atoms with E-state index in [1.807, 2.05) is 0 Å². The fraction of sp³-hybridized carbons (Fsp3) is 0.130. The molecule has 5 rings (SSSR count). The van der Waals surface area contributed by atoms with E-state index in [2.05, 4.69) is 15.1 Å². The number of hydrogen-bond donors (Lipinski definition) is 2. The summed E-state index contributed by atoms with van der Waals surface area (Å²) < 4.78 is 53.3. The SMILES string of the molecule is COc1ccc(C(N)=O)c2oc(-c3c(C)[nH]c4c(-c5ccccc5)c(C(F)(F)F)nn4c3=O)nc12. The van der Waals surface area contributed by atoms with E-state index in [9.17, 15) is 22.8 Å². The molecule has 1 amide bonds. The van der Waals surface area contributed by atoms with Gasteiger partial charge in [-0.3, -0.25) is 9.59 Å². The number of aryl methyl sites for hydroxylation is 1. The van der Waals surface area contributed by atoms with Gasteiger partial charge in [-0.2, -0.15) is 22.8 Å². The predicted octanol–water partition coefficient (Wildman–Crippen LogP) is 3.93. The molecule has 3 N–H and O–H groups in total. The Morgan fingerprint density at radius 2 is 1.86 bits per heavy atom. The van der Waals surface area contributed by atoms with Crippen LogP contribution in [0.1, 0.15) is 21.7 Å². The third kappa shape index (κ3) is 3.41. The van der Waals surface area contributed by atoms with E-state index in [1.54, 1.807) is 18.2 Å². The number of amides is 1. The number of alkyl halides is 3. The second-order valence-electron chi connectivity index (χ2n) is 7.65. The van der Waals surface area contributed by atoms with Crippen LogP contribution in [0.3, 0.4) is 0 Å². The zero-order chi connectivity index (χ0) is 25.1. The number of ether oxygens (including phenoxy) is 1. The Kier molecular flexibility index (Phi) is 4.90. The zero-order valence-corrected chi connectivity index (χ0v) is 18.2. The summed E-state index contributed by atoms with van der Waals surface area (Å²) in [6.07, 6.45) is -4.83. The average Bonchev–Trinajstić information content (AvgIpc) is 3.41. The molecule has 9 nitrogen and oxygen atoms in total. The minimum atomic E-state index is -4.83. The van der Waals surface area contributed by atoms with Crippen molar-refractivity contribution in [3.63, 3.8) is 0 Å². The zero-order valence-electron chi connectivity index (χ0n) is 18.2. The number of aromatic nitrogens is 4. The number of nitrogens with one attached hydrogen (secondary N) is 1. The number of primary amides is 1. The number of H-pyrrole nitrogens is 1. The van der Waals surface area contributed by atoms with Gasteiger partial charge >= 0.3 is 6.18 Å². The summed E-state index contributed by atoms with van der Waals surface area (Å²) in [4.78, 5) is 32.4. The summed E-state index contributed by atoms with van der Waals surface area (Å²) in [6, 6.07) is 10.7. The molecule has 5 aromatic rings. The van der Waals surface area contributed by atoms with Crippen molar-refractivity contribution in [3.05, 3.63) is 69.8 Å². The maximum atomic E-state index is 13.9. The molecule has 12 heteroatoms. The minimum absolute atomic E-state index is 0.000444. The van der Waals surface area contributed by atoms with Crippen molar-refractivity contribution in [1.82, 2.24) is 19.6 Å². The van der Waals surface area contributed by atoms with Crippen LogP contribution in [0.25, 0.3) is 39.3 Å². The van der Waals surface area contributed by atoms with Gasteiger partial charge in [0.2, 0.25) is 5.89 Å². The standard InChI is InChI=1S/C23H16F3N5O4/c1-10-14(21-29-16-13(34-2)9-8-12(19(27)32)17(16)35-21)22(33)31-20(28-10)15(11-6-4-3-5-7-11)18(30-31)23(24,25)26/h3-9,28H,1-2H3,(H2,27,32). The summed E-state index contributed by atoms with van der Waals surface area (Å²) in [5.74, 6) is -0.784. The number of hydrogen-bond acceptors (Lipinski definition) is 6. The smallest absolute Gasteiger partial charge is 0.435 e. The van der Waals surface area contributed by atoms with Gasteiger partial charge in [-0.1, -0.05) is 30.3 Å². The fourth-order valence-corrected chi connectivity index (χ4v) is 3.96. The number of methoxy groups -OCH3 is 1. The summed E-state index contributed by atoms with van der Waals surface area (Å²) in [7, 11) is 1.38. The Bertz CT molecular complexity index is 1680. The van der Waals surface area contributed by atoms with Gasteiger partial charge in [-0.05, 0) is 24.6 Å². The van der Waals surface area contributed by atoms with Crippen molar-refractivity contribution in [2.75, 3.05) is 7.11 Å². The lowest BCUT2D eigenvalue weighted by Crippen LogP contribution is -2.20. The van der Waals surface area contributed by atoms with E-state index in [-0.39, 0.29) is 56.3 Å². The number of rotatable bonds is 4. The monoisotopic (exact) mass is 483 g/mol. The third-order valence-electron chi connectivity index (χ3n) is 5.51. The second-order valence-corrected chi connectivity index (χ2v) is 7.65. The number of nitrogens with zero attached hydrogens (tertiary/aromatic N) is 3. The van der Waals surface area contributed by atoms with Gasteiger partial charge in [0.1, 0.15) is 17.0 Å². The molecule has 35 heavy (non-hydrogen) atoms. The van der Waals surface area contributed by atoms with Gasteiger partial charge in [0.05, 0.1) is 18.2 Å². The molecule has 0 aliphatic heterocycles. The van der Waals surface area contributed by atoms with Crippen molar-refractivity contribution < 1.29 is 27.1 Å². The highest BCUT2D eigenvalue weighted by Gasteiger charge is 2.39. The molecule has 0 saturated heterocycles. The van der Waals surface area contributed by atoms with E-state index in [4.69, 9.17) is 14.9 Å². The van der Waals surface area contributed by atoms with Crippen molar-refractivity contribution in [3.8, 4) is 28.3 Å². The quantitative estimate of drug-likeness (QED) is 0.399. The maximum Gasteiger partial charge on any atom is 0.435 e. The highest BCUT2D eigenvalue weighted by Crippen LogP contribution is 2.39. The Hall–Kier alpha value is -4.61. The molecule has 0 aliphatic carbocycles. The summed E-state index contributed by atoms with van der Waals surface area (Å²) >= 11 is 0. The first-order valence-corrected chi connectivity index (χ1v) is 10.2. The van der Waals surface area contributed by atoms with Crippen molar-refractivity contribution >= 4 is 22.7 Å². The first kappa shape index (κ1) is 22.2. The molecule has 0 aliphatic rings. The van der Waals surface area contributed by atoms with Crippen molar-refractivity contribution in [1.29, 1.82) is 0 Å². The number of benzene rings is 2. The largest absolute Gasteiger partial charge is 0.494 e. The second kappa shape index (κ2) is 7.72. The molecule has 0 saturated carbocycles. The van der Waals surface area contributed by atoms with E-state index in [0.717, 1.165) is 0 Å². The normalized spacial score (nSPS) is 11.9. The van der Waals surface area contributed by atoms with Gasteiger partial charge in [0.15, 0.2) is 16.8 Å². The van der Waals surface area contributed by atoms with Crippen molar-refractivity contribution in [2.24, 2.45) is 5.73 Å². The molecule has 3 aromatic heterocycles. The highest BCUT2D eigenvalue weighted by atomic mass is 19.4. The Morgan fingerprint density at radius 1 is 1.14 bits per heavy atom. The van der Waals surface area contributed by atoms with Crippen LogP contribution in [0.5, 0.6) is 5.75 Å². The molecule has 2 aromatic carbocycles. The number of fused-ring (bicyclic) bond motifs is 2. The summed E-state index contributed by atoms with van der Waals surface area (Å²) in [5.41, 5.74) is 3.25. The van der Waals surface area contributed by atoms with Crippen LogP contribution in [0.2, 0.25) is 0 Å². The summed E-state index contributed by atoms with van der Waals surface area (Å²) in [5, 5.41) is 3.60. The number of carbonyl (C=O) groups excluding carboxylic acids is 1. The lowest BCUT2D eigenvalue weighted by Gasteiger charge is -2.07. The van der Waals surface area contributed by atoms with Crippen LogP contribution >= 0.6 is 0 Å². The number of oxazole rings is 1. The number of halogens is 3. The average molecular weight is 483 g/mol. The van der Waals surface area contributed by atoms with Crippen LogP contribution in [-0.2, 0) is 6.18 Å². The molecular weight excluding hydrogens is 467 g/mol. The topological polar surface area (TPSA) is 129 Å². The molecule has 178 valence electrons. The highest BCUT2D eigenvalue weighted by molar-refractivity contribution is 6.05. The fourth-order valence-electron chi connectivity index (χ4n) is 3.96. The van der Waals surface area contributed by atoms with Crippen LogP contribution in [0.15, 0.2) is 51.7 Å². The lowest BCUT2D eigenvalue weighted by atomic mass is 10.1. The Labute approximate surface area is 193 Å².